The van der Waals surface area contributed by atoms with Crippen molar-refractivity contribution in [3.05, 3.63) is 20.8 Å². The highest BCUT2D eigenvalue weighted by molar-refractivity contribution is 9.10. The Morgan fingerprint density at radius 1 is 1.65 bits per heavy atom. The van der Waals surface area contributed by atoms with E-state index in [0.29, 0.717) is 0 Å². The Morgan fingerprint density at radius 3 is 2.76 bits per heavy atom. The summed E-state index contributed by atoms with van der Waals surface area (Å²) in [5, 5.41) is 1.89. The van der Waals surface area contributed by atoms with Crippen LogP contribution < -0.4 is 5.73 Å². The fourth-order valence-corrected chi connectivity index (χ4v) is 5.18. The van der Waals surface area contributed by atoms with Gasteiger partial charge in [-0.2, -0.15) is 0 Å². The van der Waals surface area contributed by atoms with Gasteiger partial charge in [-0.15, -0.1) is 11.3 Å². The maximum absolute atomic E-state index is 12.0. The fourth-order valence-electron chi connectivity index (χ4n) is 1.74. The van der Waals surface area contributed by atoms with Crippen LogP contribution in [0.4, 0.5) is 0 Å². The van der Waals surface area contributed by atoms with Crippen LogP contribution in [-0.2, 0) is 15.6 Å². The average molecular weight is 338 g/mol. The smallest absolute Gasteiger partial charge is 0.239 e. The number of guanidine groups is 1. The zero-order valence-electron chi connectivity index (χ0n) is 9.34. The van der Waals surface area contributed by atoms with Crippen molar-refractivity contribution in [1.29, 1.82) is 0 Å². The Morgan fingerprint density at radius 2 is 2.29 bits per heavy atom. The third kappa shape index (κ3) is 2.09. The molecule has 0 aromatic carbocycles. The number of hydrogen-bond donors (Lipinski definition) is 1. The lowest BCUT2D eigenvalue weighted by Crippen LogP contribution is -2.50. The molecule has 1 aromatic heterocycles. The maximum atomic E-state index is 12.0. The van der Waals surface area contributed by atoms with E-state index in [1.54, 1.807) is 6.92 Å². The van der Waals surface area contributed by atoms with Crippen molar-refractivity contribution in [2.75, 3.05) is 12.8 Å². The molecule has 2 N–H and O–H groups in total. The van der Waals surface area contributed by atoms with Crippen LogP contribution in [0.15, 0.2) is 20.9 Å². The number of rotatable bonds is 1. The van der Waals surface area contributed by atoms with Gasteiger partial charge in [-0.3, -0.25) is 0 Å². The van der Waals surface area contributed by atoms with Crippen molar-refractivity contribution in [2.24, 2.45) is 10.7 Å². The van der Waals surface area contributed by atoms with Gasteiger partial charge in [0.15, 0.2) is 0 Å². The van der Waals surface area contributed by atoms with Gasteiger partial charge >= 0.3 is 0 Å². The quantitative estimate of drug-likeness (QED) is 0.839. The lowest BCUT2D eigenvalue weighted by Gasteiger charge is -2.33. The first-order valence-corrected chi connectivity index (χ1v) is 8.10. The maximum Gasteiger partial charge on any atom is 0.239 e. The van der Waals surface area contributed by atoms with Crippen molar-refractivity contribution >= 4 is 43.2 Å². The second-order valence-corrected chi connectivity index (χ2v) is 7.84. The third-order valence-electron chi connectivity index (χ3n) is 2.67. The molecule has 0 saturated carbocycles. The summed E-state index contributed by atoms with van der Waals surface area (Å²) in [6.07, 6.45) is 0. The van der Waals surface area contributed by atoms with Crippen molar-refractivity contribution < 1.29 is 8.42 Å². The second-order valence-electron chi connectivity index (χ2n) is 4.07. The van der Waals surface area contributed by atoms with Gasteiger partial charge in [-0.25, -0.2) is 17.7 Å². The lowest BCUT2D eigenvalue weighted by atomic mass is 10.0. The van der Waals surface area contributed by atoms with Gasteiger partial charge in [0.25, 0.3) is 0 Å². The Balaban J connectivity index is 2.58. The summed E-state index contributed by atoms with van der Waals surface area (Å²) in [6.45, 7) is 1.78. The molecule has 1 atom stereocenters. The van der Waals surface area contributed by atoms with Gasteiger partial charge in [0.1, 0.15) is 5.54 Å². The molecule has 94 valence electrons. The third-order valence-corrected chi connectivity index (χ3v) is 6.71. The predicted molar refractivity (Wildman–Crippen MR) is 72.5 cm³/mol. The van der Waals surface area contributed by atoms with Crippen molar-refractivity contribution in [2.45, 2.75) is 12.5 Å². The number of thiophene rings is 1. The zero-order chi connectivity index (χ0) is 12.8. The first-order chi connectivity index (χ1) is 7.76. The van der Waals surface area contributed by atoms with Gasteiger partial charge in [0.05, 0.1) is 5.75 Å². The highest BCUT2D eigenvalue weighted by atomic mass is 79.9. The molecule has 1 aromatic rings. The van der Waals surface area contributed by atoms with Crippen LogP contribution in [0.3, 0.4) is 0 Å². The average Bonchev–Trinajstić information content (AvgIpc) is 2.61. The molecule has 1 aliphatic rings. The summed E-state index contributed by atoms with van der Waals surface area (Å²) in [4.78, 5) is 5.19. The molecule has 17 heavy (non-hydrogen) atoms. The molecule has 1 aliphatic heterocycles. The molecule has 2 heterocycles. The topological polar surface area (TPSA) is 75.8 Å². The van der Waals surface area contributed by atoms with Gasteiger partial charge in [0.2, 0.25) is 16.0 Å². The molecule has 0 amide bonds. The van der Waals surface area contributed by atoms with E-state index in [4.69, 9.17) is 5.73 Å². The van der Waals surface area contributed by atoms with E-state index in [9.17, 15) is 8.42 Å². The van der Waals surface area contributed by atoms with Gasteiger partial charge < -0.3 is 5.73 Å². The van der Waals surface area contributed by atoms with E-state index in [-0.39, 0.29) is 11.7 Å². The first kappa shape index (κ1) is 12.8. The minimum absolute atomic E-state index is 0.0269. The van der Waals surface area contributed by atoms with E-state index in [0.717, 1.165) is 13.7 Å². The summed E-state index contributed by atoms with van der Waals surface area (Å²) < 4.78 is 25.8. The monoisotopic (exact) mass is 337 g/mol. The van der Waals surface area contributed by atoms with Crippen LogP contribution in [-0.4, -0.2) is 31.5 Å². The van der Waals surface area contributed by atoms with Crippen LogP contribution in [0.5, 0.6) is 0 Å². The van der Waals surface area contributed by atoms with Gasteiger partial charge in [0, 0.05) is 16.4 Å². The van der Waals surface area contributed by atoms with Gasteiger partial charge in [-0.1, -0.05) is 0 Å². The van der Waals surface area contributed by atoms with Crippen LogP contribution in [0.1, 0.15) is 11.8 Å². The number of nitrogens with two attached hydrogens (primary N) is 1. The van der Waals surface area contributed by atoms with Crippen LogP contribution in [0.25, 0.3) is 0 Å². The molecular weight excluding hydrogens is 326 g/mol. The predicted octanol–water partition coefficient (Wildman–Crippen LogP) is 1.32. The highest BCUT2D eigenvalue weighted by Crippen LogP contribution is 2.39. The van der Waals surface area contributed by atoms with Gasteiger partial charge in [-0.05, 0) is 34.3 Å². The second kappa shape index (κ2) is 3.96. The Labute approximate surface area is 113 Å². The molecule has 0 fully saturated rings. The Bertz CT molecular complexity index is 581. The molecule has 0 spiro atoms. The molecule has 8 heteroatoms. The van der Waals surface area contributed by atoms with E-state index in [1.807, 2.05) is 11.4 Å². The SMILES string of the molecule is CN1C(N)=N[C@](C)(c2sccc2Br)CS1(=O)=O. The standard InChI is InChI=1S/C9H12BrN3O2S2/c1-9(7-6(10)3-4-16-7)5-17(14,15)13(2)8(11)12-9/h3-4H,5H2,1-2H3,(H2,11,12)/t9-/m0/s1. The summed E-state index contributed by atoms with van der Waals surface area (Å²) in [5.74, 6) is -0.0462. The molecule has 2 rings (SSSR count). The molecule has 0 bridgehead atoms. The van der Waals surface area contributed by atoms with Crippen LogP contribution in [0.2, 0.25) is 0 Å². The largest absolute Gasteiger partial charge is 0.369 e. The van der Waals surface area contributed by atoms with E-state index in [2.05, 4.69) is 20.9 Å². The minimum atomic E-state index is -3.40. The minimum Gasteiger partial charge on any atom is -0.369 e. The zero-order valence-corrected chi connectivity index (χ0v) is 12.6. The molecular formula is C9H12BrN3O2S2. The summed E-state index contributed by atoms with van der Waals surface area (Å²) >= 11 is 4.87. The number of hydrogen-bond acceptors (Lipinski definition) is 5. The lowest BCUT2D eigenvalue weighted by molar-refractivity contribution is 0.481. The van der Waals surface area contributed by atoms with E-state index >= 15 is 0 Å². The number of nitrogens with zero attached hydrogens (tertiary/aromatic N) is 2. The summed E-state index contributed by atoms with van der Waals surface area (Å²) in [7, 11) is -1.98. The number of halogens is 1. The van der Waals surface area contributed by atoms with Crippen LogP contribution >= 0.6 is 27.3 Å². The van der Waals surface area contributed by atoms with Crippen molar-refractivity contribution in [3.8, 4) is 0 Å². The Kier molecular flexibility index (Phi) is 2.99. The summed E-state index contributed by atoms with van der Waals surface area (Å²) in [6, 6.07) is 1.88. The number of aliphatic imine (C=N–C) groups is 1. The molecule has 0 unspecified atom stereocenters. The van der Waals surface area contributed by atoms with Crippen LogP contribution in [0, 0.1) is 0 Å². The molecule has 5 nitrogen and oxygen atoms in total. The molecule has 0 radical (unpaired) electrons. The molecule has 0 saturated heterocycles. The first-order valence-electron chi connectivity index (χ1n) is 4.82. The number of sulfonamides is 1. The normalized spacial score (nSPS) is 27.9. The summed E-state index contributed by atoms with van der Waals surface area (Å²) in [5.41, 5.74) is 4.85. The Hall–Kier alpha value is -0.600. The van der Waals surface area contributed by atoms with Crippen molar-refractivity contribution in [1.82, 2.24) is 4.31 Å². The van der Waals surface area contributed by atoms with E-state index < -0.39 is 15.6 Å². The molecule has 0 aliphatic carbocycles. The van der Waals surface area contributed by atoms with Crippen molar-refractivity contribution in [3.63, 3.8) is 0 Å². The van der Waals surface area contributed by atoms with E-state index in [1.165, 1.54) is 18.4 Å². The fraction of sp³-hybridized carbons (Fsp3) is 0.444. The highest BCUT2D eigenvalue weighted by Gasteiger charge is 2.41.